The summed E-state index contributed by atoms with van der Waals surface area (Å²) in [6, 6.07) is 22.4. The highest BCUT2D eigenvalue weighted by Crippen LogP contribution is 2.27. The van der Waals surface area contributed by atoms with Crippen molar-refractivity contribution in [3.05, 3.63) is 78.4 Å². The number of rotatable bonds is 12. The lowest BCUT2D eigenvalue weighted by atomic mass is 10.1. The second-order valence-corrected chi connectivity index (χ2v) is 10.9. The molecule has 34 heavy (non-hydrogen) atoms. The minimum atomic E-state index is -3.60. The maximum absolute atomic E-state index is 13.3. The number of aliphatic carboxylic acids is 1. The number of thioether (sulfide) groups is 1. The predicted octanol–water partition coefficient (Wildman–Crippen LogP) is 5.32. The van der Waals surface area contributed by atoms with E-state index < -0.39 is 16.0 Å². The van der Waals surface area contributed by atoms with E-state index in [1.54, 1.807) is 30.0 Å². The van der Waals surface area contributed by atoms with E-state index in [0.717, 1.165) is 28.0 Å². The zero-order chi connectivity index (χ0) is 24.6. The zero-order valence-corrected chi connectivity index (χ0v) is 20.9. The van der Waals surface area contributed by atoms with Crippen LogP contribution in [0.4, 0.5) is 0 Å². The van der Waals surface area contributed by atoms with Gasteiger partial charge in [-0.05, 0) is 60.4 Å². The molecule has 0 aliphatic carbocycles. The highest BCUT2D eigenvalue weighted by Gasteiger charge is 2.23. The number of hydrogen-bond donors (Lipinski definition) is 1. The number of benzene rings is 3. The molecule has 0 unspecified atom stereocenters. The average molecular weight is 500 g/mol. The monoisotopic (exact) mass is 499 g/mol. The van der Waals surface area contributed by atoms with Gasteiger partial charge in [-0.3, -0.25) is 0 Å². The van der Waals surface area contributed by atoms with E-state index in [9.17, 15) is 13.2 Å². The average Bonchev–Trinajstić information content (AvgIpc) is 2.83. The molecule has 0 saturated heterocycles. The van der Waals surface area contributed by atoms with Crippen LogP contribution in [0.5, 0.6) is 5.75 Å². The number of carbonyl (C=O) groups is 1. The molecule has 8 heteroatoms. The summed E-state index contributed by atoms with van der Waals surface area (Å²) >= 11 is 1.55. The van der Waals surface area contributed by atoms with Crippen LogP contribution in [0.3, 0.4) is 0 Å². The highest BCUT2D eigenvalue weighted by molar-refractivity contribution is 7.99. The number of hydrogen-bond acceptors (Lipinski definition) is 5. The van der Waals surface area contributed by atoms with Crippen LogP contribution in [-0.4, -0.2) is 49.2 Å². The van der Waals surface area contributed by atoms with Gasteiger partial charge in [-0.1, -0.05) is 49.4 Å². The van der Waals surface area contributed by atoms with Gasteiger partial charge in [-0.2, -0.15) is 4.31 Å². The molecule has 180 valence electrons. The van der Waals surface area contributed by atoms with Crippen LogP contribution in [0.1, 0.15) is 18.9 Å². The van der Waals surface area contributed by atoms with Gasteiger partial charge in [0.05, 0.1) is 4.90 Å². The lowest BCUT2D eigenvalue weighted by Crippen LogP contribution is -2.33. The number of aryl methyl sites for hydroxylation is 1. The molecule has 0 heterocycles. The molecule has 3 aromatic rings. The van der Waals surface area contributed by atoms with Gasteiger partial charge in [0.2, 0.25) is 10.0 Å². The molecular formula is C26H29NO5S2. The van der Waals surface area contributed by atoms with E-state index in [1.165, 1.54) is 4.31 Å². The molecule has 3 rings (SSSR count). The van der Waals surface area contributed by atoms with Crippen molar-refractivity contribution in [2.24, 2.45) is 0 Å². The van der Waals surface area contributed by atoms with Gasteiger partial charge in [0, 0.05) is 23.7 Å². The Morgan fingerprint density at radius 2 is 1.65 bits per heavy atom. The normalized spacial score (nSPS) is 11.5. The number of sulfonamides is 1. The number of ether oxygens (including phenoxy) is 1. The molecule has 0 aromatic heterocycles. The van der Waals surface area contributed by atoms with Gasteiger partial charge in [0.1, 0.15) is 5.75 Å². The Morgan fingerprint density at radius 1 is 0.971 bits per heavy atom. The van der Waals surface area contributed by atoms with Crippen molar-refractivity contribution in [2.45, 2.75) is 30.1 Å². The van der Waals surface area contributed by atoms with Gasteiger partial charge in [0.25, 0.3) is 0 Å². The third-order valence-corrected chi connectivity index (χ3v) is 8.07. The van der Waals surface area contributed by atoms with E-state index in [2.05, 4.69) is 0 Å². The summed E-state index contributed by atoms with van der Waals surface area (Å²) in [6.07, 6.45) is 0.723. The number of nitrogens with zero attached hydrogens (tertiary/aromatic N) is 1. The number of carboxylic acid groups (broad SMARTS) is 1. The largest absolute Gasteiger partial charge is 0.482 e. The van der Waals surface area contributed by atoms with E-state index in [0.29, 0.717) is 29.5 Å². The van der Waals surface area contributed by atoms with E-state index in [-0.39, 0.29) is 6.61 Å². The van der Waals surface area contributed by atoms with Crippen LogP contribution < -0.4 is 4.74 Å². The molecule has 1 N–H and O–H groups in total. The first-order valence-corrected chi connectivity index (χ1v) is 13.5. The molecular weight excluding hydrogens is 470 g/mol. The van der Waals surface area contributed by atoms with Crippen LogP contribution in [0, 0.1) is 6.92 Å². The standard InChI is InChI=1S/C26H29NO5S2/c1-3-15-27(16-17-33-23-11-14-25(20(2)18-23)32-19-26(28)29)34(30,31)24-12-9-22(10-13-24)21-7-5-4-6-8-21/h4-14,18H,3,15-17,19H2,1-2H3,(H,28,29). The predicted molar refractivity (Wildman–Crippen MR) is 136 cm³/mol. The second kappa shape index (κ2) is 12.1. The molecule has 0 atom stereocenters. The summed E-state index contributed by atoms with van der Waals surface area (Å²) < 4.78 is 33.4. The Balaban J connectivity index is 1.65. The molecule has 0 bridgehead atoms. The summed E-state index contributed by atoms with van der Waals surface area (Å²) in [4.78, 5) is 12.0. The lowest BCUT2D eigenvalue weighted by Gasteiger charge is -2.22. The quantitative estimate of drug-likeness (QED) is 0.340. The number of carboxylic acids is 1. The first-order valence-electron chi connectivity index (χ1n) is 11.0. The maximum atomic E-state index is 13.3. The summed E-state index contributed by atoms with van der Waals surface area (Å²) in [7, 11) is -3.60. The van der Waals surface area contributed by atoms with Crippen LogP contribution in [-0.2, 0) is 14.8 Å². The fraction of sp³-hybridized carbons (Fsp3) is 0.269. The van der Waals surface area contributed by atoms with E-state index in [4.69, 9.17) is 9.84 Å². The fourth-order valence-electron chi connectivity index (χ4n) is 3.48. The third kappa shape index (κ3) is 6.85. The van der Waals surface area contributed by atoms with Gasteiger partial charge >= 0.3 is 5.97 Å². The summed E-state index contributed by atoms with van der Waals surface area (Å²) in [5.74, 6) is 0.0986. The topological polar surface area (TPSA) is 83.9 Å². The molecule has 0 fully saturated rings. The van der Waals surface area contributed by atoms with E-state index >= 15 is 0 Å². The molecule has 0 radical (unpaired) electrons. The molecule has 0 spiro atoms. The van der Waals surface area contributed by atoms with Crippen LogP contribution in [0.15, 0.2) is 82.6 Å². The van der Waals surface area contributed by atoms with Crippen molar-refractivity contribution in [3.8, 4) is 16.9 Å². The summed E-state index contributed by atoms with van der Waals surface area (Å²) in [5, 5.41) is 8.76. The first-order chi connectivity index (χ1) is 16.3. The van der Waals surface area contributed by atoms with Crippen molar-refractivity contribution in [3.63, 3.8) is 0 Å². The highest BCUT2D eigenvalue weighted by atomic mass is 32.2. The van der Waals surface area contributed by atoms with Crippen molar-refractivity contribution >= 4 is 27.8 Å². The van der Waals surface area contributed by atoms with Gasteiger partial charge in [-0.25, -0.2) is 13.2 Å². The van der Waals surface area contributed by atoms with Crippen molar-refractivity contribution in [2.75, 3.05) is 25.4 Å². The molecule has 0 aliphatic heterocycles. The molecule has 0 amide bonds. The third-order valence-electron chi connectivity index (χ3n) is 5.18. The van der Waals surface area contributed by atoms with Crippen molar-refractivity contribution < 1.29 is 23.1 Å². The molecule has 3 aromatic carbocycles. The second-order valence-electron chi connectivity index (χ2n) is 7.75. The smallest absolute Gasteiger partial charge is 0.341 e. The molecule has 0 aliphatic rings. The Kier molecular flexibility index (Phi) is 9.15. The minimum Gasteiger partial charge on any atom is -0.482 e. The van der Waals surface area contributed by atoms with Gasteiger partial charge < -0.3 is 9.84 Å². The Labute approximate surface area is 205 Å². The zero-order valence-electron chi connectivity index (χ0n) is 19.3. The van der Waals surface area contributed by atoms with E-state index in [1.807, 2.05) is 68.4 Å². The minimum absolute atomic E-state index is 0.293. The van der Waals surface area contributed by atoms with Gasteiger partial charge in [0.15, 0.2) is 6.61 Å². The SMILES string of the molecule is CCCN(CCSc1ccc(OCC(=O)O)c(C)c1)S(=O)(=O)c1ccc(-c2ccccc2)cc1. The summed E-state index contributed by atoms with van der Waals surface area (Å²) in [5.41, 5.74) is 2.86. The van der Waals surface area contributed by atoms with Crippen molar-refractivity contribution in [1.29, 1.82) is 0 Å². The van der Waals surface area contributed by atoms with Crippen LogP contribution in [0.2, 0.25) is 0 Å². The van der Waals surface area contributed by atoms with Crippen LogP contribution in [0.25, 0.3) is 11.1 Å². The Bertz CT molecular complexity index is 1200. The maximum Gasteiger partial charge on any atom is 0.341 e. The van der Waals surface area contributed by atoms with Gasteiger partial charge in [-0.15, -0.1) is 11.8 Å². The fourth-order valence-corrected chi connectivity index (χ4v) is 6.10. The van der Waals surface area contributed by atoms with Crippen LogP contribution >= 0.6 is 11.8 Å². The summed E-state index contributed by atoms with van der Waals surface area (Å²) in [6.45, 7) is 4.27. The molecule has 6 nitrogen and oxygen atoms in total. The first kappa shape index (κ1) is 25.8. The van der Waals surface area contributed by atoms with Crippen molar-refractivity contribution in [1.82, 2.24) is 4.31 Å². The Hall–Kier alpha value is -2.81. The lowest BCUT2D eigenvalue weighted by molar-refractivity contribution is -0.139. The Morgan fingerprint density at radius 3 is 2.26 bits per heavy atom. The molecule has 0 saturated carbocycles.